The molecule has 100 valence electrons. The number of nitrogen functional groups attached to an aromatic ring is 1. The van der Waals surface area contributed by atoms with Crippen molar-refractivity contribution in [2.45, 2.75) is 0 Å². The summed E-state index contributed by atoms with van der Waals surface area (Å²) in [6.07, 6.45) is 1.32. The zero-order valence-electron chi connectivity index (χ0n) is 10.6. The fraction of sp³-hybridized carbons (Fsp3) is 0.167. The molecular weight excluding hydrogens is 248 g/mol. The first kappa shape index (κ1) is 12.9. The lowest BCUT2D eigenvalue weighted by atomic mass is 10.3. The number of aromatic nitrogens is 2. The van der Waals surface area contributed by atoms with Crippen LogP contribution in [0.2, 0.25) is 0 Å². The molecule has 2 rings (SSSR count). The lowest BCUT2D eigenvalue weighted by molar-refractivity contribution is 0.348. The average Bonchev–Trinajstić information content (AvgIpc) is 2.47. The van der Waals surface area contributed by atoms with E-state index in [1.54, 1.807) is 19.2 Å². The number of nitrogens with zero attached hydrogens (tertiary/aromatic N) is 2. The number of hydrazine groups is 1. The SMILES string of the molecule is COc1ccccc1Oc1ncnc(NN)c1OC. The zero-order valence-corrected chi connectivity index (χ0v) is 10.6. The van der Waals surface area contributed by atoms with E-state index in [4.69, 9.17) is 20.1 Å². The van der Waals surface area contributed by atoms with Crippen molar-refractivity contribution in [3.05, 3.63) is 30.6 Å². The monoisotopic (exact) mass is 262 g/mol. The highest BCUT2D eigenvalue weighted by atomic mass is 16.5. The van der Waals surface area contributed by atoms with Crippen LogP contribution in [0, 0.1) is 0 Å². The minimum atomic E-state index is 0.245. The molecule has 19 heavy (non-hydrogen) atoms. The van der Waals surface area contributed by atoms with Gasteiger partial charge >= 0.3 is 0 Å². The zero-order chi connectivity index (χ0) is 13.7. The summed E-state index contributed by atoms with van der Waals surface area (Å²) in [6, 6.07) is 7.21. The van der Waals surface area contributed by atoms with Crippen molar-refractivity contribution in [1.82, 2.24) is 9.97 Å². The van der Waals surface area contributed by atoms with Crippen molar-refractivity contribution in [3.8, 4) is 23.1 Å². The number of para-hydroxylation sites is 2. The Morgan fingerprint density at radius 2 is 1.79 bits per heavy atom. The summed E-state index contributed by atoms with van der Waals surface area (Å²) in [5, 5.41) is 0. The van der Waals surface area contributed by atoms with Gasteiger partial charge in [-0.3, -0.25) is 0 Å². The molecule has 2 aromatic rings. The van der Waals surface area contributed by atoms with E-state index in [1.165, 1.54) is 13.4 Å². The van der Waals surface area contributed by atoms with E-state index < -0.39 is 0 Å². The number of benzene rings is 1. The molecule has 0 aliphatic rings. The minimum Gasteiger partial charge on any atom is -0.493 e. The van der Waals surface area contributed by atoms with Crippen LogP contribution in [0.3, 0.4) is 0 Å². The van der Waals surface area contributed by atoms with Crippen LogP contribution < -0.4 is 25.5 Å². The van der Waals surface area contributed by atoms with Crippen LogP contribution in [-0.2, 0) is 0 Å². The van der Waals surface area contributed by atoms with Crippen molar-refractivity contribution in [2.75, 3.05) is 19.6 Å². The molecule has 0 spiro atoms. The number of anilines is 1. The van der Waals surface area contributed by atoms with Crippen LogP contribution >= 0.6 is 0 Å². The summed E-state index contributed by atoms with van der Waals surface area (Å²) in [5.41, 5.74) is 2.41. The van der Waals surface area contributed by atoms with Gasteiger partial charge in [0.2, 0.25) is 5.75 Å². The predicted octanol–water partition coefficient (Wildman–Crippen LogP) is 1.57. The van der Waals surface area contributed by atoms with Gasteiger partial charge in [0.05, 0.1) is 14.2 Å². The number of nitrogens with two attached hydrogens (primary N) is 1. The van der Waals surface area contributed by atoms with E-state index >= 15 is 0 Å². The molecule has 7 nitrogen and oxygen atoms in total. The minimum absolute atomic E-state index is 0.245. The van der Waals surface area contributed by atoms with Gasteiger partial charge in [-0.1, -0.05) is 12.1 Å². The molecule has 0 atom stereocenters. The molecule has 0 aliphatic heterocycles. The molecule has 0 amide bonds. The molecule has 3 N–H and O–H groups in total. The summed E-state index contributed by atoms with van der Waals surface area (Å²) < 4.78 is 16.0. The number of nitrogens with one attached hydrogen (secondary N) is 1. The van der Waals surface area contributed by atoms with Crippen LogP contribution in [-0.4, -0.2) is 24.2 Å². The molecule has 0 radical (unpaired) electrons. The van der Waals surface area contributed by atoms with Crippen LogP contribution in [0.1, 0.15) is 0 Å². The fourth-order valence-electron chi connectivity index (χ4n) is 1.52. The summed E-state index contributed by atoms with van der Waals surface area (Å²) >= 11 is 0. The Morgan fingerprint density at radius 1 is 1.05 bits per heavy atom. The van der Waals surface area contributed by atoms with Gasteiger partial charge in [0.25, 0.3) is 5.88 Å². The van der Waals surface area contributed by atoms with Gasteiger partial charge in [0, 0.05) is 0 Å². The summed E-state index contributed by atoms with van der Waals surface area (Å²) in [6.45, 7) is 0. The Labute approximate surface area is 110 Å². The topological polar surface area (TPSA) is 91.5 Å². The quantitative estimate of drug-likeness (QED) is 0.624. The molecule has 1 aromatic heterocycles. The van der Waals surface area contributed by atoms with Crippen LogP contribution in [0.25, 0.3) is 0 Å². The Bertz CT molecular complexity index is 562. The van der Waals surface area contributed by atoms with Gasteiger partial charge in [-0.25, -0.2) is 10.8 Å². The van der Waals surface area contributed by atoms with Crippen LogP contribution in [0.4, 0.5) is 5.82 Å². The number of hydrogen-bond acceptors (Lipinski definition) is 7. The molecule has 1 heterocycles. The van der Waals surface area contributed by atoms with Crippen LogP contribution in [0.15, 0.2) is 30.6 Å². The molecule has 7 heteroatoms. The predicted molar refractivity (Wildman–Crippen MR) is 69.5 cm³/mol. The Balaban J connectivity index is 2.38. The van der Waals surface area contributed by atoms with Crippen molar-refractivity contribution in [1.29, 1.82) is 0 Å². The lowest BCUT2D eigenvalue weighted by Crippen LogP contribution is -2.11. The second-order valence-corrected chi connectivity index (χ2v) is 3.46. The summed E-state index contributed by atoms with van der Waals surface area (Å²) in [5.74, 6) is 7.35. The molecule has 0 saturated heterocycles. The normalized spacial score (nSPS) is 9.84. The third-order valence-corrected chi connectivity index (χ3v) is 2.39. The van der Waals surface area contributed by atoms with E-state index in [1.807, 2.05) is 12.1 Å². The first-order valence-corrected chi connectivity index (χ1v) is 5.46. The summed E-state index contributed by atoms with van der Waals surface area (Å²) in [7, 11) is 3.04. The maximum atomic E-state index is 5.67. The first-order chi connectivity index (χ1) is 9.30. The molecule has 0 bridgehead atoms. The molecule has 1 aromatic carbocycles. The van der Waals surface area contributed by atoms with E-state index in [0.717, 1.165) is 0 Å². The van der Waals surface area contributed by atoms with Gasteiger partial charge in [-0.15, -0.1) is 0 Å². The number of hydrogen-bond donors (Lipinski definition) is 2. The van der Waals surface area contributed by atoms with Gasteiger partial charge in [0.1, 0.15) is 6.33 Å². The van der Waals surface area contributed by atoms with E-state index in [-0.39, 0.29) is 5.88 Å². The maximum absolute atomic E-state index is 5.67. The Morgan fingerprint density at radius 3 is 2.42 bits per heavy atom. The largest absolute Gasteiger partial charge is 0.493 e. The lowest BCUT2D eigenvalue weighted by Gasteiger charge is -2.13. The smallest absolute Gasteiger partial charge is 0.268 e. The molecule has 0 fully saturated rings. The number of methoxy groups -OCH3 is 2. The maximum Gasteiger partial charge on any atom is 0.268 e. The van der Waals surface area contributed by atoms with E-state index in [9.17, 15) is 0 Å². The molecular formula is C12H14N4O3. The van der Waals surface area contributed by atoms with E-state index in [0.29, 0.717) is 23.1 Å². The fourth-order valence-corrected chi connectivity index (χ4v) is 1.52. The van der Waals surface area contributed by atoms with Gasteiger partial charge in [-0.2, -0.15) is 4.98 Å². The number of rotatable bonds is 5. The highest BCUT2D eigenvalue weighted by Crippen LogP contribution is 2.36. The Hall–Kier alpha value is -2.54. The number of ether oxygens (including phenoxy) is 3. The van der Waals surface area contributed by atoms with Crippen molar-refractivity contribution < 1.29 is 14.2 Å². The molecule has 0 unspecified atom stereocenters. The highest BCUT2D eigenvalue weighted by molar-refractivity contribution is 5.55. The van der Waals surface area contributed by atoms with Crippen molar-refractivity contribution in [2.24, 2.45) is 5.84 Å². The molecule has 0 aliphatic carbocycles. The van der Waals surface area contributed by atoms with Gasteiger partial charge < -0.3 is 19.6 Å². The second-order valence-electron chi connectivity index (χ2n) is 3.46. The average molecular weight is 262 g/mol. The van der Waals surface area contributed by atoms with Crippen molar-refractivity contribution >= 4 is 5.82 Å². The third kappa shape index (κ3) is 2.66. The first-order valence-electron chi connectivity index (χ1n) is 5.46. The highest BCUT2D eigenvalue weighted by Gasteiger charge is 2.15. The second kappa shape index (κ2) is 5.87. The van der Waals surface area contributed by atoms with Crippen molar-refractivity contribution in [3.63, 3.8) is 0 Å². The third-order valence-electron chi connectivity index (χ3n) is 2.39. The Kier molecular flexibility index (Phi) is 3.99. The molecule has 0 saturated carbocycles. The van der Waals surface area contributed by atoms with Gasteiger partial charge in [0.15, 0.2) is 17.3 Å². The standard InChI is InChI=1S/C12H14N4O3/c1-17-8-5-3-4-6-9(8)19-12-10(18-2)11(16-13)14-7-15-12/h3-7H,13H2,1-2H3,(H,14,15,16). The summed E-state index contributed by atoms with van der Waals surface area (Å²) in [4.78, 5) is 7.95. The van der Waals surface area contributed by atoms with E-state index in [2.05, 4.69) is 15.4 Å². The van der Waals surface area contributed by atoms with Crippen LogP contribution in [0.5, 0.6) is 23.1 Å². The van der Waals surface area contributed by atoms with Gasteiger partial charge in [-0.05, 0) is 12.1 Å².